The standard InChI is InChI=1S/C14H27N3O2S/c1-4-15-13(19)17-12(18)11(2)16-10-14(20-3)8-6-5-7-9-14/h11,16H,4-10H2,1-3H3,(H2,15,17,18,19). The Labute approximate surface area is 126 Å². The molecule has 0 aromatic heterocycles. The van der Waals surface area contributed by atoms with Gasteiger partial charge in [-0.25, -0.2) is 4.79 Å². The molecule has 0 aromatic rings. The second-order valence-corrected chi connectivity index (χ2v) is 6.67. The summed E-state index contributed by atoms with van der Waals surface area (Å²) in [6.07, 6.45) is 8.39. The van der Waals surface area contributed by atoms with Gasteiger partial charge in [-0.05, 0) is 32.9 Å². The summed E-state index contributed by atoms with van der Waals surface area (Å²) in [4.78, 5) is 23.2. The van der Waals surface area contributed by atoms with Crippen LogP contribution in [0.5, 0.6) is 0 Å². The molecule has 0 heterocycles. The van der Waals surface area contributed by atoms with Gasteiger partial charge in [0.2, 0.25) is 5.91 Å². The van der Waals surface area contributed by atoms with Crippen LogP contribution < -0.4 is 16.0 Å². The van der Waals surface area contributed by atoms with Gasteiger partial charge in [-0.1, -0.05) is 19.3 Å². The van der Waals surface area contributed by atoms with Crippen molar-refractivity contribution in [1.29, 1.82) is 0 Å². The lowest BCUT2D eigenvalue weighted by Crippen LogP contribution is -2.51. The Balaban J connectivity index is 2.39. The van der Waals surface area contributed by atoms with E-state index in [0.717, 1.165) is 6.54 Å². The zero-order chi connectivity index (χ0) is 15.0. The van der Waals surface area contributed by atoms with Crippen LogP contribution in [-0.4, -0.2) is 42.1 Å². The highest BCUT2D eigenvalue weighted by atomic mass is 32.2. The average Bonchev–Trinajstić information content (AvgIpc) is 2.46. The number of nitrogens with one attached hydrogen (secondary N) is 3. The van der Waals surface area contributed by atoms with Gasteiger partial charge in [-0.15, -0.1) is 0 Å². The Hall–Kier alpha value is -0.750. The molecule has 20 heavy (non-hydrogen) atoms. The molecule has 5 nitrogen and oxygen atoms in total. The molecule has 1 rings (SSSR count). The maximum Gasteiger partial charge on any atom is 0.321 e. The molecular weight excluding hydrogens is 274 g/mol. The van der Waals surface area contributed by atoms with Crippen LogP contribution in [0.4, 0.5) is 4.79 Å². The van der Waals surface area contributed by atoms with Crippen molar-refractivity contribution < 1.29 is 9.59 Å². The number of hydrogen-bond acceptors (Lipinski definition) is 4. The Morgan fingerprint density at radius 3 is 2.45 bits per heavy atom. The monoisotopic (exact) mass is 301 g/mol. The molecule has 1 aliphatic rings. The van der Waals surface area contributed by atoms with Crippen molar-refractivity contribution in [3.8, 4) is 0 Å². The summed E-state index contributed by atoms with van der Waals surface area (Å²) in [6.45, 7) is 4.94. The maximum atomic E-state index is 11.9. The Kier molecular flexibility index (Phi) is 7.37. The van der Waals surface area contributed by atoms with Crippen molar-refractivity contribution >= 4 is 23.7 Å². The first-order valence-electron chi connectivity index (χ1n) is 7.40. The number of carbonyl (C=O) groups excluding carboxylic acids is 2. The molecule has 6 heteroatoms. The molecule has 0 aliphatic heterocycles. The van der Waals surface area contributed by atoms with Crippen LogP contribution >= 0.6 is 11.8 Å². The van der Waals surface area contributed by atoms with Crippen molar-refractivity contribution in [3.63, 3.8) is 0 Å². The van der Waals surface area contributed by atoms with Crippen LogP contribution in [0.3, 0.4) is 0 Å². The number of carbonyl (C=O) groups is 2. The minimum atomic E-state index is -0.427. The molecule has 3 amide bonds. The zero-order valence-corrected chi connectivity index (χ0v) is 13.6. The first kappa shape index (κ1) is 17.3. The summed E-state index contributed by atoms with van der Waals surface area (Å²) in [5.41, 5.74) is 0. The molecule has 1 saturated carbocycles. The lowest BCUT2D eigenvalue weighted by molar-refractivity contribution is -0.121. The van der Waals surface area contributed by atoms with E-state index in [0.29, 0.717) is 6.54 Å². The van der Waals surface area contributed by atoms with Gasteiger partial charge in [-0.3, -0.25) is 10.1 Å². The number of imide groups is 1. The van der Waals surface area contributed by atoms with Crippen LogP contribution in [0.1, 0.15) is 46.0 Å². The molecule has 116 valence electrons. The van der Waals surface area contributed by atoms with Crippen molar-refractivity contribution in [3.05, 3.63) is 0 Å². The summed E-state index contributed by atoms with van der Waals surface area (Å²) < 4.78 is 0.248. The zero-order valence-electron chi connectivity index (χ0n) is 12.8. The van der Waals surface area contributed by atoms with E-state index in [2.05, 4.69) is 22.2 Å². The SMILES string of the molecule is CCNC(=O)NC(=O)C(C)NCC1(SC)CCCCC1. The van der Waals surface area contributed by atoms with E-state index in [1.165, 1.54) is 32.1 Å². The lowest BCUT2D eigenvalue weighted by atomic mass is 9.88. The molecule has 0 spiro atoms. The van der Waals surface area contributed by atoms with Crippen LogP contribution in [0.2, 0.25) is 0 Å². The minimum absolute atomic E-state index is 0.248. The third kappa shape index (κ3) is 5.32. The van der Waals surface area contributed by atoms with Crippen molar-refractivity contribution in [2.24, 2.45) is 0 Å². The number of amides is 3. The first-order chi connectivity index (χ1) is 9.53. The van der Waals surface area contributed by atoms with E-state index in [1.807, 2.05) is 18.7 Å². The van der Waals surface area contributed by atoms with Gasteiger partial charge in [0.25, 0.3) is 0 Å². The second kappa shape index (κ2) is 8.52. The van der Waals surface area contributed by atoms with Crippen LogP contribution in [0.25, 0.3) is 0 Å². The number of rotatable bonds is 6. The van der Waals surface area contributed by atoms with Gasteiger partial charge in [-0.2, -0.15) is 11.8 Å². The van der Waals surface area contributed by atoms with Crippen molar-refractivity contribution in [1.82, 2.24) is 16.0 Å². The van der Waals surface area contributed by atoms with Gasteiger partial charge in [0.05, 0.1) is 6.04 Å². The van der Waals surface area contributed by atoms with Gasteiger partial charge in [0.1, 0.15) is 0 Å². The van der Waals surface area contributed by atoms with E-state index in [4.69, 9.17) is 0 Å². The van der Waals surface area contributed by atoms with Gasteiger partial charge >= 0.3 is 6.03 Å². The van der Waals surface area contributed by atoms with E-state index in [9.17, 15) is 9.59 Å². The summed E-state index contributed by atoms with van der Waals surface area (Å²) >= 11 is 1.90. The molecule has 1 fully saturated rings. The molecular formula is C14H27N3O2S. The Morgan fingerprint density at radius 2 is 1.90 bits per heavy atom. The third-order valence-electron chi connectivity index (χ3n) is 3.90. The molecule has 0 saturated heterocycles. The van der Waals surface area contributed by atoms with Crippen LogP contribution in [0, 0.1) is 0 Å². The van der Waals surface area contributed by atoms with Gasteiger partial charge in [0.15, 0.2) is 0 Å². The predicted molar refractivity (Wildman–Crippen MR) is 84.0 cm³/mol. The average molecular weight is 301 g/mol. The normalized spacial score (nSPS) is 19.1. The molecule has 0 bridgehead atoms. The minimum Gasteiger partial charge on any atom is -0.338 e. The summed E-state index contributed by atoms with van der Waals surface area (Å²) in [6, 6.07) is -0.785. The number of urea groups is 1. The van der Waals surface area contributed by atoms with E-state index in [-0.39, 0.29) is 16.7 Å². The molecule has 1 atom stereocenters. The molecule has 1 aliphatic carbocycles. The van der Waals surface area contributed by atoms with Crippen molar-refractivity contribution in [2.75, 3.05) is 19.3 Å². The van der Waals surface area contributed by atoms with Crippen LogP contribution in [0.15, 0.2) is 0 Å². The smallest absolute Gasteiger partial charge is 0.321 e. The third-order valence-corrected chi connectivity index (χ3v) is 5.31. The second-order valence-electron chi connectivity index (χ2n) is 5.40. The molecule has 0 aromatic carbocycles. The van der Waals surface area contributed by atoms with Crippen molar-refractivity contribution in [2.45, 2.75) is 56.7 Å². The first-order valence-corrected chi connectivity index (χ1v) is 8.62. The molecule has 0 radical (unpaired) electrons. The fraction of sp³-hybridized carbons (Fsp3) is 0.857. The van der Waals surface area contributed by atoms with Gasteiger partial charge in [0, 0.05) is 17.8 Å². The summed E-state index contributed by atoms with van der Waals surface area (Å²) in [5.74, 6) is -0.275. The quantitative estimate of drug-likeness (QED) is 0.700. The van der Waals surface area contributed by atoms with E-state index in [1.54, 1.807) is 6.92 Å². The van der Waals surface area contributed by atoms with Crippen LogP contribution in [-0.2, 0) is 4.79 Å². The van der Waals surface area contributed by atoms with E-state index < -0.39 is 6.03 Å². The number of hydrogen-bond donors (Lipinski definition) is 3. The Morgan fingerprint density at radius 1 is 1.25 bits per heavy atom. The molecule has 3 N–H and O–H groups in total. The highest BCUT2D eigenvalue weighted by molar-refractivity contribution is 8.00. The highest BCUT2D eigenvalue weighted by Gasteiger charge is 2.31. The number of thioether (sulfide) groups is 1. The topological polar surface area (TPSA) is 70.2 Å². The maximum absolute atomic E-state index is 11.9. The predicted octanol–water partition coefficient (Wildman–Crippen LogP) is 1.88. The fourth-order valence-electron chi connectivity index (χ4n) is 2.51. The largest absolute Gasteiger partial charge is 0.338 e. The lowest BCUT2D eigenvalue weighted by Gasteiger charge is -2.36. The summed E-state index contributed by atoms with van der Waals surface area (Å²) in [5, 5.41) is 8.17. The fourth-order valence-corrected chi connectivity index (χ4v) is 3.43. The Bertz CT molecular complexity index is 330. The molecule has 1 unspecified atom stereocenters. The highest BCUT2D eigenvalue weighted by Crippen LogP contribution is 2.37. The van der Waals surface area contributed by atoms with E-state index >= 15 is 0 Å². The summed E-state index contributed by atoms with van der Waals surface area (Å²) in [7, 11) is 0. The van der Waals surface area contributed by atoms with Gasteiger partial charge < -0.3 is 10.6 Å².